The zero-order valence-corrected chi connectivity index (χ0v) is 17.0. The summed E-state index contributed by atoms with van der Waals surface area (Å²) in [6.45, 7) is 8.58. The zero-order chi connectivity index (χ0) is 19.8. The predicted octanol–water partition coefficient (Wildman–Crippen LogP) is 4.23. The molecule has 0 aliphatic heterocycles. The summed E-state index contributed by atoms with van der Waals surface area (Å²) in [7, 11) is 0. The molecule has 5 nitrogen and oxygen atoms in total. The molecular formula is C21H26N2O3S. The van der Waals surface area contributed by atoms with Gasteiger partial charge in [0.2, 0.25) is 0 Å². The Balaban J connectivity index is 1.89. The Kier molecular flexibility index (Phi) is 7.61. The number of carbonyl (C=O) groups excluding carboxylic acids is 1. The van der Waals surface area contributed by atoms with Gasteiger partial charge in [0.1, 0.15) is 12.4 Å². The maximum Gasteiger partial charge on any atom is 0.338 e. The average molecular weight is 387 g/mol. The quantitative estimate of drug-likeness (QED) is 0.548. The van der Waals surface area contributed by atoms with E-state index in [1.807, 2.05) is 51.1 Å². The number of anilines is 1. The number of aryl methyl sites for hydroxylation is 2. The molecule has 6 heteroatoms. The minimum atomic E-state index is -0.348. The van der Waals surface area contributed by atoms with Crippen LogP contribution in [0.2, 0.25) is 0 Å². The number of hydrogen-bond donors (Lipinski definition) is 2. The molecule has 2 aromatic carbocycles. The average Bonchev–Trinajstić information content (AvgIpc) is 2.63. The Bertz CT molecular complexity index is 791. The number of nitrogens with one attached hydrogen (secondary N) is 2. The monoisotopic (exact) mass is 386 g/mol. The highest BCUT2D eigenvalue weighted by Crippen LogP contribution is 2.18. The maximum atomic E-state index is 11.9. The SMILES string of the molecule is CCOC(=O)c1ccc(C)c(NC(=S)NC(C)COc2ccc(C)cc2)c1. The van der Waals surface area contributed by atoms with Gasteiger partial charge in [-0.15, -0.1) is 0 Å². The van der Waals surface area contributed by atoms with Crippen molar-refractivity contribution in [3.8, 4) is 5.75 Å². The van der Waals surface area contributed by atoms with Crippen molar-refractivity contribution in [1.29, 1.82) is 0 Å². The van der Waals surface area contributed by atoms with Crippen LogP contribution >= 0.6 is 12.2 Å². The summed E-state index contributed by atoms with van der Waals surface area (Å²) in [6.07, 6.45) is 0. The molecule has 0 bridgehead atoms. The fourth-order valence-electron chi connectivity index (χ4n) is 2.38. The molecule has 1 unspecified atom stereocenters. The lowest BCUT2D eigenvalue weighted by molar-refractivity contribution is 0.0526. The molecule has 0 aliphatic rings. The van der Waals surface area contributed by atoms with Crippen LogP contribution in [0.25, 0.3) is 0 Å². The van der Waals surface area contributed by atoms with Crippen LogP contribution in [0.3, 0.4) is 0 Å². The number of rotatable bonds is 7. The van der Waals surface area contributed by atoms with Crippen molar-refractivity contribution in [1.82, 2.24) is 5.32 Å². The molecule has 0 amide bonds. The number of benzene rings is 2. The second-order valence-electron chi connectivity index (χ2n) is 6.37. The van der Waals surface area contributed by atoms with E-state index in [1.54, 1.807) is 19.1 Å². The summed E-state index contributed by atoms with van der Waals surface area (Å²) >= 11 is 5.39. The lowest BCUT2D eigenvalue weighted by Gasteiger charge is -2.19. The van der Waals surface area contributed by atoms with E-state index in [1.165, 1.54) is 5.56 Å². The number of hydrogen-bond acceptors (Lipinski definition) is 4. The van der Waals surface area contributed by atoms with Gasteiger partial charge in [0.15, 0.2) is 5.11 Å². The van der Waals surface area contributed by atoms with Crippen molar-refractivity contribution in [2.24, 2.45) is 0 Å². The number of esters is 1. The summed E-state index contributed by atoms with van der Waals surface area (Å²) < 4.78 is 10.8. The molecule has 0 aliphatic carbocycles. The zero-order valence-electron chi connectivity index (χ0n) is 16.2. The molecule has 144 valence electrons. The molecule has 0 fully saturated rings. The third-order valence-corrected chi connectivity index (χ3v) is 4.12. The third-order valence-electron chi connectivity index (χ3n) is 3.90. The van der Waals surface area contributed by atoms with Gasteiger partial charge in [0.05, 0.1) is 18.2 Å². The van der Waals surface area contributed by atoms with E-state index in [2.05, 4.69) is 10.6 Å². The molecule has 1 atom stereocenters. The van der Waals surface area contributed by atoms with Gasteiger partial charge in [-0.25, -0.2) is 4.79 Å². The van der Waals surface area contributed by atoms with Crippen LogP contribution in [0.15, 0.2) is 42.5 Å². The van der Waals surface area contributed by atoms with Crippen molar-refractivity contribution < 1.29 is 14.3 Å². The topological polar surface area (TPSA) is 59.6 Å². The standard InChI is InChI=1S/C21H26N2O3S/c1-5-25-20(24)17-9-8-15(3)19(12-17)23-21(27)22-16(4)13-26-18-10-6-14(2)7-11-18/h6-12,16H,5,13H2,1-4H3,(H2,22,23,27). The van der Waals surface area contributed by atoms with Crippen LogP contribution in [0.1, 0.15) is 35.3 Å². The van der Waals surface area contributed by atoms with Crippen molar-refractivity contribution >= 4 is 29.0 Å². The van der Waals surface area contributed by atoms with Crippen molar-refractivity contribution in [3.05, 3.63) is 59.2 Å². The van der Waals surface area contributed by atoms with E-state index in [-0.39, 0.29) is 12.0 Å². The Hall–Kier alpha value is -2.60. The molecule has 0 aromatic heterocycles. The smallest absolute Gasteiger partial charge is 0.338 e. The maximum absolute atomic E-state index is 11.9. The lowest BCUT2D eigenvalue weighted by atomic mass is 10.1. The second-order valence-corrected chi connectivity index (χ2v) is 6.78. The fraction of sp³-hybridized carbons (Fsp3) is 0.333. The third kappa shape index (κ3) is 6.57. The number of thiocarbonyl (C=S) groups is 1. The Morgan fingerprint density at radius 3 is 2.52 bits per heavy atom. The molecule has 27 heavy (non-hydrogen) atoms. The number of carbonyl (C=O) groups is 1. The first-order valence-electron chi connectivity index (χ1n) is 8.93. The normalized spacial score (nSPS) is 11.4. The van der Waals surface area contributed by atoms with Gasteiger partial charge in [0, 0.05) is 5.69 Å². The van der Waals surface area contributed by atoms with Gasteiger partial charge >= 0.3 is 5.97 Å². The second kappa shape index (κ2) is 9.92. The van der Waals surface area contributed by atoms with E-state index >= 15 is 0 Å². The summed E-state index contributed by atoms with van der Waals surface area (Å²) in [5.41, 5.74) is 3.43. The molecule has 2 N–H and O–H groups in total. The highest BCUT2D eigenvalue weighted by molar-refractivity contribution is 7.80. The number of ether oxygens (including phenoxy) is 2. The first-order chi connectivity index (χ1) is 12.9. The van der Waals surface area contributed by atoms with E-state index < -0.39 is 0 Å². The highest BCUT2D eigenvalue weighted by Gasteiger charge is 2.11. The van der Waals surface area contributed by atoms with E-state index in [4.69, 9.17) is 21.7 Å². The summed E-state index contributed by atoms with van der Waals surface area (Å²) in [5, 5.41) is 6.80. The van der Waals surface area contributed by atoms with Gasteiger partial charge in [0.25, 0.3) is 0 Å². The summed E-state index contributed by atoms with van der Waals surface area (Å²) in [4.78, 5) is 11.9. The minimum Gasteiger partial charge on any atom is -0.491 e. The van der Waals surface area contributed by atoms with E-state index in [9.17, 15) is 4.79 Å². The molecule has 0 saturated carbocycles. The summed E-state index contributed by atoms with van der Waals surface area (Å²) in [6, 6.07) is 13.3. The van der Waals surface area contributed by atoms with Gasteiger partial charge in [-0.05, 0) is 69.7 Å². The molecule has 0 spiro atoms. The van der Waals surface area contributed by atoms with Crippen LogP contribution in [-0.2, 0) is 4.74 Å². The first-order valence-corrected chi connectivity index (χ1v) is 9.34. The predicted molar refractivity (Wildman–Crippen MR) is 113 cm³/mol. The lowest BCUT2D eigenvalue weighted by Crippen LogP contribution is -2.39. The molecule has 2 rings (SSSR count). The first kappa shape index (κ1) is 20.7. The fourth-order valence-corrected chi connectivity index (χ4v) is 2.69. The van der Waals surface area contributed by atoms with Crippen LogP contribution < -0.4 is 15.4 Å². The molecule has 0 heterocycles. The highest BCUT2D eigenvalue weighted by atomic mass is 32.1. The summed E-state index contributed by atoms with van der Waals surface area (Å²) in [5.74, 6) is 0.477. The van der Waals surface area contributed by atoms with Crippen molar-refractivity contribution in [2.45, 2.75) is 33.7 Å². The van der Waals surface area contributed by atoms with Crippen molar-refractivity contribution in [2.75, 3.05) is 18.5 Å². The van der Waals surface area contributed by atoms with E-state index in [0.29, 0.717) is 23.9 Å². The van der Waals surface area contributed by atoms with E-state index in [0.717, 1.165) is 17.0 Å². The Morgan fingerprint density at radius 1 is 1.15 bits per heavy atom. The van der Waals surface area contributed by atoms with Crippen LogP contribution in [-0.4, -0.2) is 30.3 Å². The largest absolute Gasteiger partial charge is 0.491 e. The van der Waals surface area contributed by atoms with Crippen LogP contribution in [0.4, 0.5) is 5.69 Å². The Morgan fingerprint density at radius 2 is 1.85 bits per heavy atom. The minimum absolute atomic E-state index is 0.0137. The Labute approximate surface area is 166 Å². The van der Waals surface area contributed by atoms with Gasteiger partial charge in [-0.3, -0.25) is 0 Å². The molecular weight excluding hydrogens is 360 g/mol. The van der Waals surface area contributed by atoms with Gasteiger partial charge in [-0.2, -0.15) is 0 Å². The molecule has 0 saturated heterocycles. The van der Waals surface area contributed by atoms with Gasteiger partial charge in [-0.1, -0.05) is 23.8 Å². The molecule has 2 aromatic rings. The van der Waals surface area contributed by atoms with Crippen molar-refractivity contribution in [3.63, 3.8) is 0 Å². The van der Waals surface area contributed by atoms with Crippen LogP contribution in [0.5, 0.6) is 5.75 Å². The van der Waals surface area contributed by atoms with Crippen LogP contribution in [0, 0.1) is 13.8 Å². The van der Waals surface area contributed by atoms with Gasteiger partial charge < -0.3 is 20.1 Å². The molecule has 0 radical (unpaired) electrons.